The molecule has 0 fully saturated rings. The SMILES string of the molecule is CCCCC[NH2+]CCCC.[Br-]. The number of halogens is 1. The van der Waals surface area contributed by atoms with E-state index in [1.54, 1.807) is 0 Å². The Balaban J connectivity index is 0. The first kappa shape index (κ1) is 14.0. The lowest BCUT2D eigenvalue weighted by Crippen LogP contribution is -3.00. The highest BCUT2D eigenvalue weighted by Gasteiger charge is 1.88. The Kier molecular flexibility index (Phi) is 16.6. The van der Waals surface area contributed by atoms with Crippen molar-refractivity contribution in [2.45, 2.75) is 46.0 Å². The minimum atomic E-state index is 0. The molecule has 0 bridgehead atoms. The first-order chi connectivity index (χ1) is 4.91. The number of quaternary nitrogens is 1. The van der Waals surface area contributed by atoms with Gasteiger partial charge < -0.3 is 22.3 Å². The van der Waals surface area contributed by atoms with E-state index in [1.807, 2.05) is 0 Å². The Bertz CT molecular complexity index is 49.5. The fourth-order valence-corrected chi connectivity index (χ4v) is 1.03. The lowest BCUT2D eigenvalue weighted by atomic mass is 10.2. The smallest absolute Gasteiger partial charge is 0.0755 e. The summed E-state index contributed by atoms with van der Waals surface area (Å²) < 4.78 is 0. The van der Waals surface area contributed by atoms with Crippen LogP contribution in [0.4, 0.5) is 0 Å². The lowest BCUT2D eigenvalue weighted by molar-refractivity contribution is -0.655. The molecule has 70 valence electrons. The quantitative estimate of drug-likeness (QED) is 0.509. The van der Waals surface area contributed by atoms with Crippen molar-refractivity contribution in [3.05, 3.63) is 0 Å². The van der Waals surface area contributed by atoms with Crippen LogP contribution in [0.25, 0.3) is 0 Å². The summed E-state index contributed by atoms with van der Waals surface area (Å²) in [4.78, 5) is 0. The molecule has 2 heteroatoms. The molecule has 0 aliphatic rings. The summed E-state index contributed by atoms with van der Waals surface area (Å²) in [6, 6.07) is 0. The molecule has 0 aromatic heterocycles. The third-order valence-electron chi connectivity index (χ3n) is 1.77. The van der Waals surface area contributed by atoms with E-state index in [0.29, 0.717) is 0 Å². The summed E-state index contributed by atoms with van der Waals surface area (Å²) in [5.41, 5.74) is 0. The molecule has 0 atom stereocenters. The zero-order chi connectivity index (χ0) is 7.66. The minimum Gasteiger partial charge on any atom is -1.00 e. The maximum atomic E-state index is 2.44. The van der Waals surface area contributed by atoms with Crippen LogP contribution in [0, 0.1) is 0 Å². The molecule has 11 heavy (non-hydrogen) atoms. The summed E-state index contributed by atoms with van der Waals surface area (Å²) in [5.74, 6) is 0. The molecular weight excluding hydrogens is 202 g/mol. The van der Waals surface area contributed by atoms with Crippen molar-refractivity contribution >= 4 is 0 Å². The van der Waals surface area contributed by atoms with Gasteiger partial charge in [0.15, 0.2) is 0 Å². The van der Waals surface area contributed by atoms with Crippen LogP contribution in [0.3, 0.4) is 0 Å². The molecule has 0 aromatic rings. The van der Waals surface area contributed by atoms with Crippen LogP contribution in [0.1, 0.15) is 46.0 Å². The van der Waals surface area contributed by atoms with Crippen molar-refractivity contribution in [2.75, 3.05) is 13.1 Å². The van der Waals surface area contributed by atoms with Crippen LogP contribution in [-0.2, 0) is 0 Å². The zero-order valence-corrected chi connectivity index (χ0v) is 9.49. The molecule has 0 aliphatic heterocycles. The first-order valence-corrected chi connectivity index (χ1v) is 4.73. The number of unbranched alkanes of at least 4 members (excludes halogenated alkanes) is 3. The van der Waals surface area contributed by atoms with Crippen molar-refractivity contribution in [3.63, 3.8) is 0 Å². The summed E-state index contributed by atoms with van der Waals surface area (Å²) in [6.45, 7) is 7.18. The van der Waals surface area contributed by atoms with Gasteiger partial charge in [0.05, 0.1) is 13.1 Å². The van der Waals surface area contributed by atoms with E-state index in [1.165, 1.54) is 45.2 Å². The highest BCUT2D eigenvalue weighted by molar-refractivity contribution is 4.33. The van der Waals surface area contributed by atoms with Gasteiger partial charge in [0, 0.05) is 0 Å². The highest BCUT2D eigenvalue weighted by Crippen LogP contribution is 1.88. The van der Waals surface area contributed by atoms with Gasteiger partial charge in [-0.3, -0.25) is 0 Å². The standard InChI is InChI=1S/C9H21N.BrH/c1-3-5-7-9-10-8-6-4-2;/h10H,3-9H2,1-2H3;1H. The van der Waals surface area contributed by atoms with Crippen molar-refractivity contribution in [1.82, 2.24) is 0 Å². The molecule has 0 saturated heterocycles. The minimum absolute atomic E-state index is 0. The van der Waals surface area contributed by atoms with Gasteiger partial charge >= 0.3 is 0 Å². The summed E-state index contributed by atoms with van der Waals surface area (Å²) in [5, 5.41) is 2.44. The second-order valence-electron chi connectivity index (χ2n) is 2.93. The molecule has 0 spiro atoms. The summed E-state index contributed by atoms with van der Waals surface area (Å²) in [6.07, 6.45) is 6.88. The van der Waals surface area contributed by atoms with E-state index in [-0.39, 0.29) is 17.0 Å². The average molecular weight is 224 g/mol. The van der Waals surface area contributed by atoms with Gasteiger partial charge in [0.25, 0.3) is 0 Å². The molecular formula is C9H22BrN. The van der Waals surface area contributed by atoms with E-state index in [9.17, 15) is 0 Å². The van der Waals surface area contributed by atoms with Gasteiger partial charge in [0.1, 0.15) is 0 Å². The van der Waals surface area contributed by atoms with E-state index in [2.05, 4.69) is 19.2 Å². The van der Waals surface area contributed by atoms with Gasteiger partial charge in [-0.05, 0) is 19.3 Å². The Morgan fingerprint density at radius 3 is 1.91 bits per heavy atom. The van der Waals surface area contributed by atoms with Gasteiger partial charge in [-0.25, -0.2) is 0 Å². The van der Waals surface area contributed by atoms with E-state index >= 15 is 0 Å². The predicted molar refractivity (Wildman–Crippen MR) is 46.1 cm³/mol. The molecule has 0 rings (SSSR count). The number of hydrogen-bond acceptors (Lipinski definition) is 0. The molecule has 0 unspecified atom stereocenters. The van der Waals surface area contributed by atoms with Crippen LogP contribution in [0.5, 0.6) is 0 Å². The normalized spacial score (nSPS) is 9.27. The number of hydrogen-bond donors (Lipinski definition) is 1. The third kappa shape index (κ3) is 13.4. The predicted octanol–water partition coefficient (Wildman–Crippen LogP) is -1.46. The topological polar surface area (TPSA) is 16.6 Å². The Labute approximate surface area is 81.7 Å². The second kappa shape index (κ2) is 13.1. The molecule has 0 heterocycles. The fraction of sp³-hybridized carbons (Fsp3) is 1.00. The van der Waals surface area contributed by atoms with Gasteiger partial charge in [-0.2, -0.15) is 0 Å². The van der Waals surface area contributed by atoms with Gasteiger partial charge in [-0.15, -0.1) is 0 Å². The van der Waals surface area contributed by atoms with E-state index in [0.717, 1.165) is 0 Å². The highest BCUT2D eigenvalue weighted by atomic mass is 79.9. The molecule has 2 N–H and O–H groups in total. The van der Waals surface area contributed by atoms with Crippen molar-refractivity contribution < 1.29 is 22.3 Å². The largest absolute Gasteiger partial charge is 1.00 e. The maximum absolute atomic E-state index is 2.44. The molecule has 1 nitrogen and oxygen atoms in total. The third-order valence-corrected chi connectivity index (χ3v) is 1.77. The van der Waals surface area contributed by atoms with E-state index < -0.39 is 0 Å². The van der Waals surface area contributed by atoms with Crippen LogP contribution < -0.4 is 22.3 Å². The Hall–Kier alpha value is 0.440. The molecule has 0 saturated carbocycles. The van der Waals surface area contributed by atoms with Crippen LogP contribution >= 0.6 is 0 Å². The van der Waals surface area contributed by atoms with Gasteiger partial charge in [-0.1, -0.05) is 26.7 Å². The van der Waals surface area contributed by atoms with Crippen LogP contribution in [0.15, 0.2) is 0 Å². The molecule has 0 radical (unpaired) electrons. The summed E-state index contributed by atoms with van der Waals surface area (Å²) >= 11 is 0. The van der Waals surface area contributed by atoms with Crippen molar-refractivity contribution in [1.29, 1.82) is 0 Å². The van der Waals surface area contributed by atoms with Crippen LogP contribution in [0.2, 0.25) is 0 Å². The molecule has 0 amide bonds. The zero-order valence-electron chi connectivity index (χ0n) is 7.91. The Morgan fingerprint density at radius 2 is 1.36 bits per heavy atom. The number of nitrogens with two attached hydrogens (primary N) is 1. The summed E-state index contributed by atoms with van der Waals surface area (Å²) in [7, 11) is 0. The maximum Gasteiger partial charge on any atom is 0.0755 e. The van der Waals surface area contributed by atoms with Gasteiger partial charge in [0.2, 0.25) is 0 Å². The van der Waals surface area contributed by atoms with Crippen molar-refractivity contribution in [2.24, 2.45) is 0 Å². The van der Waals surface area contributed by atoms with Crippen molar-refractivity contribution in [3.8, 4) is 0 Å². The monoisotopic (exact) mass is 223 g/mol. The number of rotatable bonds is 7. The first-order valence-electron chi connectivity index (χ1n) is 4.73. The Morgan fingerprint density at radius 1 is 0.818 bits per heavy atom. The van der Waals surface area contributed by atoms with E-state index in [4.69, 9.17) is 0 Å². The molecule has 0 aromatic carbocycles. The second-order valence-corrected chi connectivity index (χ2v) is 2.93. The van der Waals surface area contributed by atoms with Crippen LogP contribution in [-0.4, -0.2) is 13.1 Å². The molecule has 0 aliphatic carbocycles. The fourth-order valence-electron chi connectivity index (χ4n) is 1.03. The average Bonchev–Trinajstić information content (AvgIpc) is 1.97. The lowest BCUT2D eigenvalue weighted by Gasteiger charge is -1.98.